The summed E-state index contributed by atoms with van der Waals surface area (Å²) in [6.07, 6.45) is 0.881. The van der Waals surface area contributed by atoms with Gasteiger partial charge in [-0.15, -0.1) is 0 Å². The fourth-order valence-electron chi connectivity index (χ4n) is 2.18. The Labute approximate surface area is 124 Å². The van der Waals surface area contributed by atoms with Crippen LogP contribution in [0.1, 0.15) is 24.0 Å². The van der Waals surface area contributed by atoms with Gasteiger partial charge in [0.25, 0.3) is 0 Å². The largest absolute Gasteiger partial charge is 0.465 e. The molecule has 1 fully saturated rings. The molecule has 0 saturated carbocycles. The van der Waals surface area contributed by atoms with Crippen LogP contribution in [-0.4, -0.2) is 28.1 Å². The zero-order valence-electron chi connectivity index (χ0n) is 11.9. The van der Waals surface area contributed by atoms with Gasteiger partial charge in [0, 0.05) is 5.70 Å². The minimum absolute atomic E-state index is 0.0844. The molecule has 1 aliphatic rings. The molecule has 2 rings (SSSR count). The second-order valence-corrected chi connectivity index (χ2v) is 5.99. The molecule has 1 aromatic carbocycles. The van der Waals surface area contributed by atoms with Crippen LogP contribution in [0.15, 0.2) is 30.0 Å². The van der Waals surface area contributed by atoms with E-state index in [0.29, 0.717) is 24.1 Å². The summed E-state index contributed by atoms with van der Waals surface area (Å²) in [5.41, 5.74) is 2.03. The number of allylic oxidation sites excluding steroid dienone is 1. The first-order valence-corrected chi connectivity index (χ1v) is 7.90. The minimum atomic E-state index is -3.89. The van der Waals surface area contributed by atoms with Crippen molar-refractivity contribution in [2.45, 2.75) is 19.8 Å². The van der Waals surface area contributed by atoms with Gasteiger partial charge in [-0.05, 0) is 30.9 Å². The molecule has 0 amide bonds. The van der Waals surface area contributed by atoms with Crippen molar-refractivity contribution >= 4 is 21.8 Å². The summed E-state index contributed by atoms with van der Waals surface area (Å²) in [5, 5.41) is 0. The van der Waals surface area contributed by atoms with Crippen LogP contribution in [0, 0.1) is 6.92 Å². The highest BCUT2D eigenvalue weighted by Gasteiger charge is 2.25. The van der Waals surface area contributed by atoms with Gasteiger partial charge in [0.15, 0.2) is 0 Å². The zero-order chi connectivity index (χ0) is 15.5. The third kappa shape index (κ3) is 3.62. The average molecular weight is 311 g/mol. The fraction of sp³-hybridized carbons (Fsp3) is 0.357. The Morgan fingerprint density at radius 2 is 2.05 bits per heavy atom. The van der Waals surface area contributed by atoms with E-state index in [9.17, 15) is 13.2 Å². The van der Waals surface area contributed by atoms with Gasteiger partial charge in [0.1, 0.15) is 0 Å². The number of hydrogen-bond acceptors (Lipinski definition) is 5. The molecule has 1 heterocycles. The standard InChI is InChI=1S/C14H17NO5S/c1-10-6-3-4-7-11(10)13(14(16)19-2)12-8-5-9-20-21(17,18)15-12/h3-4,6-7,15H,5,8-9H2,1-2H3/b13-12-. The van der Waals surface area contributed by atoms with Crippen LogP contribution in [0.5, 0.6) is 0 Å². The number of aryl methyl sites for hydroxylation is 1. The first-order valence-electron chi connectivity index (χ1n) is 6.49. The molecule has 0 spiro atoms. The third-order valence-electron chi connectivity index (χ3n) is 3.16. The molecule has 7 heteroatoms. The predicted octanol–water partition coefficient (Wildman–Crippen LogP) is 1.52. The third-order valence-corrected chi connectivity index (χ3v) is 4.14. The van der Waals surface area contributed by atoms with Crippen molar-refractivity contribution in [3.63, 3.8) is 0 Å². The molecule has 0 atom stereocenters. The molecule has 0 aromatic heterocycles. The van der Waals surface area contributed by atoms with Gasteiger partial charge >= 0.3 is 16.3 Å². The van der Waals surface area contributed by atoms with Gasteiger partial charge in [0.05, 0.1) is 19.3 Å². The maximum absolute atomic E-state index is 12.1. The normalized spacial score (nSPS) is 20.1. The van der Waals surface area contributed by atoms with E-state index in [0.717, 1.165) is 5.56 Å². The van der Waals surface area contributed by atoms with E-state index in [1.54, 1.807) is 12.1 Å². The van der Waals surface area contributed by atoms with Crippen LogP contribution < -0.4 is 4.72 Å². The summed E-state index contributed by atoms with van der Waals surface area (Å²) < 4.78 is 35.2. The number of carbonyl (C=O) groups is 1. The van der Waals surface area contributed by atoms with E-state index in [1.807, 2.05) is 19.1 Å². The summed E-state index contributed by atoms with van der Waals surface area (Å²) in [7, 11) is -2.62. The van der Waals surface area contributed by atoms with E-state index >= 15 is 0 Å². The zero-order valence-corrected chi connectivity index (χ0v) is 12.7. The molecule has 0 aliphatic carbocycles. The second kappa shape index (κ2) is 6.28. The van der Waals surface area contributed by atoms with Gasteiger partial charge in [-0.3, -0.25) is 8.91 Å². The molecular weight excluding hydrogens is 294 g/mol. The van der Waals surface area contributed by atoms with Crippen molar-refractivity contribution < 1.29 is 22.1 Å². The maximum atomic E-state index is 12.1. The summed E-state index contributed by atoms with van der Waals surface area (Å²) in [6, 6.07) is 7.24. The fourth-order valence-corrected chi connectivity index (χ4v) is 3.08. The highest BCUT2D eigenvalue weighted by molar-refractivity contribution is 7.84. The molecule has 114 valence electrons. The van der Waals surface area contributed by atoms with E-state index in [4.69, 9.17) is 8.92 Å². The number of benzene rings is 1. The maximum Gasteiger partial charge on any atom is 0.359 e. The Morgan fingerprint density at radius 3 is 2.71 bits per heavy atom. The quantitative estimate of drug-likeness (QED) is 0.661. The molecule has 0 radical (unpaired) electrons. The van der Waals surface area contributed by atoms with Crippen molar-refractivity contribution in [1.82, 2.24) is 4.72 Å². The van der Waals surface area contributed by atoms with E-state index in [2.05, 4.69) is 4.72 Å². The molecule has 1 N–H and O–H groups in total. The Kier molecular flexibility index (Phi) is 4.64. The van der Waals surface area contributed by atoms with Gasteiger partial charge in [-0.25, -0.2) is 4.79 Å². The van der Waals surface area contributed by atoms with Crippen molar-refractivity contribution in [3.05, 3.63) is 41.1 Å². The van der Waals surface area contributed by atoms with Crippen LogP contribution in [0.25, 0.3) is 5.57 Å². The van der Waals surface area contributed by atoms with Crippen LogP contribution in [0.4, 0.5) is 0 Å². The molecule has 1 saturated heterocycles. The predicted molar refractivity (Wildman–Crippen MR) is 77.4 cm³/mol. The first-order chi connectivity index (χ1) is 9.94. The number of ether oxygens (including phenoxy) is 1. The first kappa shape index (κ1) is 15.5. The highest BCUT2D eigenvalue weighted by atomic mass is 32.2. The van der Waals surface area contributed by atoms with E-state index < -0.39 is 16.3 Å². The average Bonchev–Trinajstić information content (AvgIpc) is 2.62. The van der Waals surface area contributed by atoms with Crippen LogP contribution in [-0.2, 0) is 24.0 Å². The van der Waals surface area contributed by atoms with Crippen LogP contribution in [0.2, 0.25) is 0 Å². The Morgan fingerprint density at radius 1 is 1.33 bits per heavy atom. The second-order valence-electron chi connectivity index (χ2n) is 4.64. The molecule has 0 unspecified atom stereocenters. The van der Waals surface area contributed by atoms with E-state index in [-0.39, 0.29) is 12.2 Å². The Hall–Kier alpha value is -1.86. The lowest BCUT2D eigenvalue weighted by atomic mass is 9.97. The number of esters is 1. The molecule has 1 aromatic rings. The summed E-state index contributed by atoms with van der Waals surface area (Å²) in [5.74, 6) is -0.580. The smallest absolute Gasteiger partial charge is 0.359 e. The minimum Gasteiger partial charge on any atom is -0.465 e. The van der Waals surface area contributed by atoms with Crippen molar-refractivity contribution in [2.75, 3.05) is 13.7 Å². The van der Waals surface area contributed by atoms with E-state index in [1.165, 1.54) is 7.11 Å². The number of nitrogens with one attached hydrogen (secondary N) is 1. The number of methoxy groups -OCH3 is 1. The van der Waals surface area contributed by atoms with Crippen LogP contribution in [0.3, 0.4) is 0 Å². The van der Waals surface area contributed by atoms with Crippen molar-refractivity contribution in [2.24, 2.45) is 0 Å². The summed E-state index contributed by atoms with van der Waals surface area (Å²) >= 11 is 0. The molecule has 6 nitrogen and oxygen atoms in total. The summed E-state index contributed by atoms with van der Waals surface area (Å²) in [6.45, 7) is 1.93. The summed E-state index contributed by atoms with van der Waals surface area (Å²) in [4.78, 5) is 12.1. The number of hydrogen-bond donors (Lipinski definition) is 1. The molecule has 0 bridgehead atoms. The highest BCUT2D eigenvalue weighted by Crippen LogP contribution is 2.26. The number of carbonyl (C=O) groups excluding carboxylic acids is 1. The van der Waals surface area contributed by atoms with Gasteiger partial charge in [-0.1, -0.05) is 24.3 Å². The number of rotatable bonds is 2. The Bertz CT molecular complexity index is 678. The SMILES string of the molecule is COC(=O)/C(=C1/CCCOS(=O)(=O)N1)c1ccccc1C. The van der Waals surface area contributed by atoms with Crippen LogP contribution >= 0.6 is 0 Å². The van der Waals surface area contributed by atoms with Crippen molar-refractivity contribution in [3.8, 4) is 0 Å². The Balaban J connectivity index is 2.61. The van der Waals surface area contributed by atoms with Gasteiger partial charge in [0.2, 0.25) is 0 Å². The van der Waals surface area contributed by atoms with Gasteiger partial charge in [-0.2, -0.15) is 8.42 Å². The molecular formula is C14H17NO5S. The lowest BCUT2D eigenvalue weighted by Gasteiger charge is -2.14. The van der Waals surface area contributed by atoms with Crippen molar-refractivity contribution in [1.29, 1.82) is 0 Å². The monoisotopic (exact) mass is 311 g/mol. The lowest BCUT2D eigenvalue weighted by molar-refractivity contribution is -0.133. The topological polar surface area (TPSA) is 81.7 Å². The lowest BCUT2D eigenvalue weighted by Crippen LogP contribution is -2.25. The molecule has 1 aliphatic heterocycles. The van der Waals surface area contributed by atoms with Gasteiger partial charge < -0.3 is 4.74 Å². The molecule has 21 heavy (non-hydrogen) atoms.